The fourth-order valence-electron chi connectivity index (χ4n) is 1.48. The number of hydrogen-bond donors (Lipinski definition) is 2. The van der Waals surface area contributed by atoms with Crippen LogP contribution in [0.3, 0.4) is 0 Å². The highest BCUT2D eigenvalue weighted by molar-refractivity contribution is 5.93. The maximum Gasteiger partial charge on any atom is 0.411 e. The third kappa shape index (κ3) is 3.54. The second-order valence-electron chi connectivity index (χ2n) is 4.93. The summed E-state index contributed by atoms with van der Waals surface area (Å²) in [5.74, 6) is -0.399. The van der Waals surface area contributed by atoms with Gasteiger partial charge in [-0.3, -0.25) is 9.69 Å². The minimum Gasteiger partial charge on any atom is -0.444 e. The average Bonchev–Trinajstić information content (AvgIpc) is 2.61. The third-order valence-electron chi connectivity index (χ3n) is 2.20. The number of Topliss-reactive ketones (excluding diaryl/α,β-unsaturated/α-hetero) is 1. The van der Waals surface area contributed by atoms with Gasteiger partial charge in [0.1, 0.15) is 17.8 Å². The molecule has 1 amide bonds. The lowest BCUT2D eigenvalue weighted by Gasteiger charge is -2.28. The van der Waals surface area contributed by atoms with Crippen LogP contribution in [0.1, 0.15) is 20.8 Å². The van der Waals surface area contributed by atoms with Crippen molar-refractivity contribution in [1.29, 1.82) is 0 Å². The smallest absolute Gasteiger partial charge is 0.411 e. The van der Waals surface area contributed by atoms with E-state index < -0.39 is 29.7 Å². The van der Waals surface area contributed by atoms with Gasteiger partial charge in [-0.2, -0.15) is 0 Å². The molecule has 6 nitrogen and oxygen atoms in total. The molecule has 0 saturated carbocycles. The highest BCUT2D eigenvalue weighted by Gasteiger charge is 2.34. The molecule has 4 N–H and O–H groups in total. The summed E-state index contributed by atoms with van der Waals surface area (Å²) in [7, 11) is 0. The largest absolute Gasteiger partial charge is 0.444 e. The van der Waals surface area contributed by atoms with Gasteiger partial charge in [0, 0.05) is 6.54 Å². The van der Waals surface area contributed by atoms with Crippen LogP contribution < -0.4 is 11.5 Å². The molecule has 17 heavy (non-hydrogen) atoms. The average molecular weight is 241 g/mol. The monoisotopic (exact) mass is 241 g/mol. The Balaban J connectivity index is 2.72. The minimum atomic E-state index is -1.09. The zero-order valence-electron chi connectivity index (χ0n) is 10.3. The normalized spacial score (nSPS) is 19.9. The van der Waals surface area contributed by atoms with Gasteiger partial charge in [-0.1, -0.05) is 12.2 Å². The van der Waals surface area contributed by atoms with E-state index in [1.807, 2.05) is 0 Å². The fourth-order valence-corrected chi connectivity index (χ4v) is 1.48. The predicted molar refractivity (Wildman–Crippen MR) is 63.0 cm³/mol. The van der Waals surface area contributed by atoms with Crippen molar-refractivity contribution in [2.24, 2.45) is 11.5 Å². The van der Waals surface area contributed by atoms with Gasteiger partial charge >= 0.3 is 6.09 Å². The van der Waals surface area contributed by atoms with Gasteiger partial charge in [-0.15, -0.1) is 0 Å². The molecule has 0 aromatic rings. The molecule has 0 bridgehead atoms. The van der Waals surface area contributed by atoms with Crippen molar-refractivity contribution in [3.05, 3.63) is 12.2 Å². The van der Waals surface area contributed by atoms with Crippen LogP contribution in [0.25, 0.3) is 0 Å². The van der Waals surface area contributed by atoms with Crippen molar-refractivity contribution in [3.63, 3.8) is 0 Å². The van der Waals surface area contributed by atoms with Crippen molar-refractivity contribution >= 4 is 11.9 Å². The zero-order valence-corrected chi connectivity index (χ0v) is 10.3. The summed E-state index contributed by atoms with van der Waals surface area (Å²) in [6.45, 7) is 5.62. The summed E-state index contributed by atoms with van der Waals surface area (Å²) < 4.78 is 5.19. The van der Waals surface area contributed by atoms with E-state index >= 15 is 0 Å². The van der Waals surface area contributed by atoms with Gasteiger partial charge in [-0.05, 0) is 20.8 Å². The zero-order chi connectivity index (χ0) is 13.2. The van der Waals surface area contributed by atoms with Gasteiger partial charge in [0.15, 0.2) is 5.78 Å². The third-order valence-corrected chi connectivity index (χ3v) is 2.20. The maximum atomic E-state index is 11.8. The van der Waals surface area contributed by atoms with Crippen LogP contribution in [0.15, 0.2) is 12.2 Å². The Hall–Kier alpha value is -1.40. The molecule has 1 atom stereocenters. The molecule has 0 aromatic heterocycles. The summed E-state index contributed by atoms with van der Waals surface area (Å²) in [5.41, 5.74) is 10.0. The molecule has 0 aliphatic carbocycles. The molecule has 0 fully saturated rings. The summed E-state index contributed by atoms with van der Waals surface area (Å²) in [5, 5.41) is 0. The molecule has 96 valence electrons. The Kier molecular flexibility index (Phi) is 3.90. The van der Waals surface area contributed by atoms with E-state index in [0.29, 0.717) is 6.54 Å². The van der Waals surface area contributed by atoms with Crippen molar-refractivity contribution in [1.82, 2.24) is 4.90 Å². The molecule has 0 unspecified atom stereocenters. The van der Waals surface area contributed by atoms with Gasteiger partial charge < -0.3 is 16.2 Å². The number of carbonyl (C=O) groups is 2. The van der Waals surface area contributed by atoms with Crippen LogP contribution in [0, 0.1) is 0 Å². The van der Waals surface area contributed by atoms with Crippen LogP contribution in [-0.2, 0) is 9.53 Å². The van der Waals surface area contributed by atoms with Gasteiger partial charge in [0.25, 0.3) is 0 Å². The Bertz CT molecular complexity index is 344. The second kappa shape index (κ2) is 4.85. The lowest BCUT2D eigenvalue weighted by atomic mass is 10.1. The van der Waals surface area contributed by atoms with Crippen molar-refractivity contribution < 1.29 is 14.3 Å². The number of nitrogens with two attached hydrogens (primary N) is 2. The molecule has 1 heterocycles. The molecule has 0 saturated heterocycles. The molecular formula is C11H19N3O3. The van der Waals surface area contributed by atoms with E-state index in [0.717, 1.165) is 0 Å². The topological polar surface area (TPSA) is 98.6 Å². The van der Waals surface area contributed by atoms with E-state index in [9.17, 15) is 9.59 Å². The Labute approximate surface area is 101 Å². The predicted octanol–water partition coefficient (Wildman–Crippen LogP) is -0.0255. The molecule has 0 radical (unpaired) electrons. The van der Waals surface area contributed by atoms with E-state index in [1.54, 1.807) is 32.9 Å². The fraction of sp³-hybridized carbons (Fsp3) is 0.636. The summed E-state index contributed by atoms with van der Waals surface area (Å²) in [4.78, 5) is 24.8. The Morgan fingerprint density at radius 1 is 1.41 bits per heavy atom. The molecule has 0 aromatic carbocycles. The minimum absolute atomic E-state index is 0.331. The van der Waals surface area contributed by atoms with Crippen molar-refractivity contribution in [2.45, 2.75) is 38.6 Å². The summed E-state index contributed by atoms with van der Waals surface area (Å²) in [6, 6.07) is -0.718. The van der Waals surface area contributed by atoms with E-state index in [-0.39, 0.29) is 0 Å². The van der Waals surface area contributed by atoms with E-state index in [4.69, 9.17) is 16.2 Å². The lowest BCUT2D eigenvalue weighted by Crippen LogP contribution is -2.52. The van der Waals surface area contributed by atoms with Gasteiger partial charge in [0.05, 0.1) is 0 Å². The highest BCUT2D eigenvalue weighted by Crippen LogP contribution is 2.16. The molecule has 0 spiro atoms. The lowest BCUT2D eigenvalue weighted by molar-refractivity contribution is -0.123. The second-order valence-corrected chi connectivity index (χ2v) is 4.93. The first-order chi connectivity index (χ1) is 7.72. The summed E-state index contributed by atoms with van der Waals surface area (Å²) >= 11 is 0. The Morgan fingerprint density at radius 3 is 2.47 bits per heavy atom. The summed E-state index contributed by atoms with van der Waals surface area (Å²) in [6.07, 6.45) is 1.70. The molecule has 1 rings (SSSR count). The molecular weight excluding hydrogens is 222 g/mol. The number of rotatable bonds is 2. The number of hydrogen-bond acceptors (Lipinski definition) is 5. The first kappa shape index (κ1) is 13.7. The van der Waals surface area contributed by atoms with Crippen molar-refractivity contribution in [3.8, 4) is 0 Å². The van der Waals surface area contributed by atoms with Gasteiger partial charge in [0.2, 0.25) is 0 Å². The quantitative estimate of drug-likeness (QED) is 0.522. The number of amides is 1. The van der Waals surface area contributed by atoms with Crippen LogP contribution in [0.2, 0.25) is 0 Å². The van der Waals surface area contributed by atoms with Crippen LogP contribution in [-0.4, -0.2) is 41.1 Å². The molecule has 6 heteroatoms. The van der Waals surface area contributed by atoms with E-state index in [2.05, 4.69) is 0 Å². The number of nitrogens with zero attached hydrogens (tertiary/aromatic N) is 1. The number of ether oxygens (including phenoxy) is 1. The van der Waals surface area contributed by atoms with Crippen molar-refractivity contribution in [2.75, 3.05) is 6.54 Å². The van der Waals surface area contributed by atoms with Crippen LogP contribution in [0.5, 0.6) is 0 Å². The molecule has 1 aliphatic heterocycles. The molecule has 1 aliphatic rings. The van der Waals surface area contributed by atoms with Crippen LogP contribution >= 0.6 is 0 Å². The maximum absolute atomic E-state index is 11.8. The van der Waals surface area contributed by atoms with E-state index in [1.165, 1.54) is 4.90 Å². The van der Waals surface area contributed by atoms with Crippen LogP contribution in [0.4, 0.5) is 4.79 Å². The first-order valence-corrected chi connectivity index (χ1v) is 5.43. The van der Waals surface area contributed by atoms with Gasteiger partial charge in [-0.25, -0.2) is 4.79 Å². The number of carbonyl (C=O) groups excluding carboxylic acids is 2. The first-order valence-electron chi connectivity index (χ1n) is 5.43. The standard InChI is InChI=1S/C11H19N3O3/c1-11(2,3)17-10(16)14-6-4-5-7(14)8(15)9(12)13/h4-5,7,9H,6,12-13H2,1-3H3/t7-/m0/s1. The SMILES string of the molecule is CC(C)(C)OC(=O)N1CC=C[C@H]1C(=O)C(N)N. The number of ketones is 1. The highest BCUT2D eigenvalue weighted by atomic mass is 16.6. The Morgan fingerprint density at radius 2 is 2.00 bits per heavy atom.